The van der Waals surface area contributed by atoms with Crippen LogP contribution in [0.3, 0.4) is 0 Å². The quantitative estimate of drug-likeness (QED) is 0.720. The summed E-state index contributed by atoms with van der Waals surface area (Å²) in [5.41, 5.74) is -0.374. The maximum absolute atomic E-state index is 11.5. The first-order valence-corrected chi connectivity index (χ1v) is 5.87. The van der Waals surface area contributed by atoms with Crippen molar-refractivity contribution in [3.8, 4) is 0 Å². The number of thioether (sulfide) groups is 1. The molecule has 1 heterocycles. The topological polar surface area (TPSA) is 26.3 Å². The largest absolute Gasteiger partial charge is 0.464 e. The van der Waals surface area contributed by atoms with Gasteiger partial charge in [-0.15, -0.1) is 11.8 Å². The van der Waals surface area contributed by atoms with Crippen molar-refractivity contribution in [1.82, 2.24) is 0 Å². The Morgan fingerprint density at radius 2 is 2.00 bits per heavy atom. The molecule has 80 valence electrons. The zero-order chi connectivity index (χ0) is 10.9. The molecule has 1 aromatic rings. The van der Waals surface area contributed by atoms with Crippen LogP contribution in [0.2, 0.25) is 0 Å². The van der Waals surface area contributed by atoms with Crippen LogP contribution in [-0.2, 0) is 9.53 Å². The van der Waals surface area contributed by atoms with Gasteiger partial charge in [-0.3, -0.25) is 4.79 Å². The Morgan fingerprint density at radius 1 is 1.33 bits per heavy atom. The molecular weight excluding hydrogens is 208 g/mol. The number of benzene rings is 1. The maximum Gasteiger partial charge on any atom is 0.312 e. The molecule has 0 aliphatic carbocycles. The van der Waals surface area contributed by atoms with Gasteiger partial charge in [0.2, 0.25) is 0 Å². The van der Waals surface area contributed by atoms with Crippen LogP contribution in [0.4, 0.5) is 0 Å². The SMILES string of the molecule is CC1(C)C(=O)OCC1Sc1ccccc1. The highest BCUT2D eigenvalue weighted by Gasteiger charge is 2.45. The van der Waals surface area contributed by atoms with Crippen molar-refractivity contribution in [3.63, 3.8) is 0 Å². The van der Waals surface area contributed by atoms with Crippen molar-refractivity contribution >= 4 is 17.7 Å². The lowest BCUT2D eigenvalue weighted by atomic mass is 9.92. The van der Waals surface area contributed by atoms with Gasteiger partial charge in [-0.05, 0) is 26.0 Å². The third-order valence-electron chi connectivity index (χ3n) is 2.72. The van der Waals surface area contributed by atoms with E-state index < -0.39 is 0 Å². The highest BCUT2D eigenvalue weighted by molar-refractivity contribution is 8.00. The molecule has 2 rings (SSSR count). The van der Waals surface area contributed by atoms with Gasteiger partial charge in [0.1, 0.15) is 6.61 Å². The smallest absolute Gasteiger partial charge is 0.312 e. The second-order valence-electron chi connectivity index (χ2n) is 4.24. The number of ether oxygens (including phenoxy) is 1. The van der Waals surface area contributed by atoms with Crippen LogP contribution in [0, 0.1) is 5.41 Å². The molecule has 0 bridgehead atoms. The number of carbonyl (C=O) groups excluding carboxylic acids is 1. The molecule has 0 saturated carbocycles. The molecule has 0 N–H and O–H groups in total. The van der Waals surface area contributed by atoms with Crippen LogP contribution >= 0.6 is 11.8 Å². The zero-order valence-electron chi connectivity index (χ0n) is 8.90. The van der Waals surface area contributed by atoms with Gasteiger partial charge in [0.15, 0.2) is 0 Å². The average Bonchev–Trinajstić information content (AvgIpc) is 2.47. The Kier molecular flexibility index (Phi) is 2.74. The van der Waals surface area contributed by atoms with Gasteiger partial charge < -0.3 is 4.74 Å². The van der Waals surface area contributed by atoms with E-state index in [9.17, 15) is 4.79 Å². The zero-order valence-corrected chi connectivity index (χ0v) is 9.71. The number of rotatable bonds is 2. The van der Waals surface area contributed by atoms with E-state index in [1.54, 1.807) is 11.8 Å². The third-order valence-corrected chi connectivity index (χ3v) is 4.27. The highest BCUT2D eigenvalue weighted by Crippen LogP contribution is 2.40. The van der Waals surface area contributed by atoms with Crippen LogP contribution in [-0.4, -0.2) is 17.8 Å². The molecule has 0 spiro atoms. The summed E-state index contributed by atoms with van der Waals surface area (Å²) in [5, 5.41) is 0.215. The Bertz CT molecular complexity index is 359. The van der Waals surface area contributed by atoms with Gasteiger partial charge in [-0.2, -0.15) is 0 Å². The molecule has 1 saturated heterocycles. The molecule has 0 radical (unpaired) electrons. The summed E-state index contributed by atoms with van der Waals surface area (Å²) in [6.07, 6.45) is 0. The van der Waals surface area contributed by atoms with Crippen molar-refractivity contribution < 1.29 is 9.53 Å². The first kappa shape index (κ1) is 10.6. The number of hydrogen-bond acceptors (Lipinski definition) is 3. The summed E-state index contributed by atoms with van der Waals surface area (Å²) >= 11 is 1.72. The molecule has 1 aliphatic heterocycles. The molecule has 1 aliphatic rings. The number of esters is 1. The summed E-state index contributed by atoms with van der Waals surface area (Å²) in [5.74, 6) is -0.0871. The van der Waals surface area contributed by atoms with E-state index in [4.69, 9.17) is 4.74 Å². The number of cyclic esters (lactones) is 1. The highest BCUT2D eigenvalue weighted by atomic mass is 32.2. The molecular formula is C12H14O2S. The van der Waals surface area contributed by atoms with Crippen molar-refractivity contribution in [3.05, 3.63) is 30.3 Å². The van der Waals surface area contributed by atoms with Crippen molar-refractivity contribution in [2.45, 2.75) is 24.0 Å². The summed E-state index contributed by atoms with van der Waals surface area (Å²) in [6.45, 7) is 4.41. The molecule has 2 nitrogen and oxygen atoms in total. The Balaban J connectivity index is 2.11. The molecule has 3 heteroatoms. The van der Waals surface area contributed by atoms with Gasteiger partial charge in [-0.1, -0.05) is 18.2 Å². The molecule has 0 aromatic heterocycles. The second kappa shape index (κ2) is 3.89. The van der Waals surface area contributed by atoms with Gasteiger partial charge in [0.25, 0.3) is 0 Å². The lowest BCUT2D eigenvalue weighted by Crippen LogP contribution is -2.27. The Labute approximate surface area is 94.0 Å². The number of carbonyl (C=O) groups is 1. The fourth-order valence-electron chi connectivity index (χ4n) is 1.52. The standard InChI is InChI=1S/C12H14O2S/c1-12(2)10(8-14-11(12)13)15-9-6-4-3-5-7-9/h3-7,10H,8H2,1-2H3. The maximum atomic E-state index is 11.5. The van der Waals surface area contributed by atoms with Gasteiger partial charge in [-0.25, -0.2) is 0 Å². The minimum Gasteiger partial charge on any atom is -0.464 e. The van der Waals surface area contributed by atoms with Crippen LogP contribution in [0.1, 0.15) is 13.8 Å². The molecule has 1 aromatic carbocycles. The predicted molar refractivity (Wildman–Crippen MR) is 60.8 cm³/mol. The molecule has 0 amide bonds. The van der Waals surface area contributed by atoms with E-state index in [0.717, 1.165) is 0 Å². The normalized spacial score (nSPS) is 23.9. The van der Waals surface area contributed by atoms with E-state index in [0.29, 0.717) is 6.61 Å². The number of hydrogen-bond donors (Lipinski definition) is 0. The van der Waals surface area contributed by atoms with Crippen molar-refractivity contribution in [2.24, 2.45) is 5.41 Å². The molecule has 1 unspecified atom stereocenters. The lowest BCUT2D eigenvalue weighted by Gasteiger charge is -2.20. The van der Waals surface area contributed by atoms with Crippen LogP contribution in [0.15, 0.2) is 35.2 Å². The second-order valence-corrected chi connectivity index (χ2v) is 5.52. The Morgan fingerprint density at radius 3 is 2.53 bits per heavy atom. The summed E-state index contributed by atoms with van der Waals surface area (Å²) in [7, 11) is 0. The van der Waals surface area contributed by atoms with E-state index in [1.807, 2.05) is 32.0 Å². The fourth-order valence-corrected chi connectivity index (χ4v) is 2.69. The first-order chi connectivity index (χ1) is 7.10. The van der Waals surface area contributed by atoms with Crippen molar-refractivity contribution in [1.29, 1.82) is 0 Å². The van der Waals surface area contributed by atoms with E-state index in [2.05, 4.69) is 12.1 Å². The van der Waals surface area contributed by atoms with Crippen molar-refractivity contribution in [2.75, 3.05) is 6.61 Å². The Hall–Kier alpha value is -0.960. The average molecular weight is 222 g/mol. The van der Waals surface area contributed by atoms with Crippen LogP contribution in [0.5, 0.6) is 0 Å². The minimum absolute atomic E-state index is 0.0871. The first-order valence-electron chi connectivity index (χ1n) is 4.99. The lowest BCUT2D eigenvalue weighted by molar-refractivity contribution is -0.144. The summed E-state index contributed by atoms with van der Waals surface area (Å²) < 4.78 is 5.09. The predicted octanol–water partition coefficient (Wildman–Crippen LogP) is 2.73. The fraction of sp³-hybridized carbons (Fsp3) is 0.417. The minimum atomic E-state index is -0.374. The van der Waals surface area contributed by atoms with E-state index >= 15 is 0 Å². The van der Waals surface area contributed by atoms with Crippen LogP contribution < -0.4 is 0 Å². The third kappa shape index (κ3) is 2.02. The summed E-state index contributed by atoms with van der Waals surface area (Å²) in [6, 6.07) is 10.1. The molecule has 1 atom stereocenters. The van der Waals surface area contributed by atoms with E-state index in [-0.39, 0.29) is 16.6 Å². The molecule has 15 heavy (non-hydrogen) atoms. The summed E-state index contributed by atoms with van der Waals surface area (Å²) in [4.78, 5) is 12.6. The van der Waals surface area contributed by atoms with Gasteiger partial charge in [0.05, 0.1) is 10.7 Å². The van der Waals surface area contributed by atoms with E-state index in [1.165, 1.54) is 4.90 Å². The van der Waals surface area contributed by atoms with Crippen LogP contribution in [0.25, 0.3) is 0 Å². The monoisotopic (exact) mass is 222 g/mol. The van der Waals surface area contributed by atoms with Gasteiger partial charge in [0, 0.05) is 4.90 Å². The van der Waals surface area contributed by atoms with Gasteiger partial charge >= 0.3 is 5.97 Å². The molecule has 1 fully saturated rings.